The van der Waals surface area contributed by atoms with Crippen molar-refractivity contribution in [1.82, 2.24) is 0 Å². The Morgan fingerprint density at radius 1 is 1.07 bits per heavy atom. The summed E-state index contributed by atoms with van der Waals surface area (Å²) in [7, 11) is 1.50. The number of rotatable bonds is 4. The van der Waals surface area contributed by atoms with Crippen LogP contribution in [0.5, 0.6) is 5.75 Å². The highest BCUT2D eigenvalue weighted by Gasteiger charge is 2.39. The molecule has 3 atom stereocenters. The molecule has 1 N–H and O–H groups in total. The summed E-state index contributed by atoms with van der Waals surface area (Å²) in [5, 5.41) is 25.8. The number of nitrogens with one attached hydrogen (secondary N) is 1. The molecule has 1 aliphatic heterocycles. The lowest BCUT2D eigenvalue weighted by Crippen LogP contribution is -2.30. The van der Waals surface area contributed by atoms with Gasteiger partial charge < -0.3 is 29.9 Å². The van der Waals surface area contributed by atoms with Gasteiger partial charge in [0.05, 0.1) is 30.8 Å². The fourth-order valence-electron chi connectivity index (χ4n) is 4.10. The molecule has 0 fully saturated rings. The molecule has 2 aliphatic rings. The number of anilines is 1. The van der Waals surface area contributed by atoms with Crippen LogP contribution in [0.15, 0.2) is 48.6 Å². The van der Waals surface area contributed by atoms with Crippen molar-refractivity contribution in [3.8, 4) is 5.75 Å². The van der Waals surface area contributed by atoms with Crippen molar-refractivity contribution in [3.05, 3.63) is 70.8 Å². The Labute approximate surface area is 156 Å². The van der Waals surface area contributed by atoms with Gasteiger partial charge in [0, 0.05) is 11.5 Å². The molecule has 2 aromatic rings. The third kappa shape index (κ3) is 2.83. The average molecular weight is 363 g/mol. The van der Waals surface area contributed by atoms with Gasteiger partial charge in [-0.3, -0.25) is 0 Å². The first-order valence-corrected chi connectivity index (χ1v) is 8.67. The Hall–Kier alpha value is -3.28. The van der Waals surface area contributed by atoms with Gasteiger partial charge in [-0.25, -0.2) is 0 Å². The van der Waals surface area contributed by atoms with E-state index >= 15 is 0 Å². The fraction of sp³-hybridized carbons (Fsp3) is 0.238. The van der Waals surface area contributed by atoms with Crippen LogP contribution in [0.25, 0.3) is 0 Å². The molecule has 0 aromatic heterocycles. The van der Waals surface area contributed by atoms with Gasteiger partial charge in [0.2, 0.25) is 0 Å². The Kier molecular flexibility index (Phi) is 4.11. The van der Waals surface area contributed by atoms with Crippen molar-refractivity contribution >= 4 is 17.6 Å². The highest BCUT2D eigenvalue weighted by molar-refractivity contribution is 5.89. The van der Waals surface area contributed by atoms with Gasteiger partial charge in [-0.05, 0) is 41.2 Å². The minimum atomic E-state index is -1.24. The van der Waals surface area contributed by atoms with E-state index in [0.29, 0.717) is 5.75 Å². The number of benzene rings is 2. The van der Waals surface area contributed by atoms with Crippen LogP contribution >= 0.6 is 0 Å². The van der Waals surface area contributed by atoms with Gasteiger partial charge in [0.1, 0.15) is 5.75 Å². The molecule has 138 valence electrons. The molecule has 4 rings (SSSR count). The molecule has 1 heterocycles. The van der Waals surface area contributed by atoms with Crippen molar-refractivity contribution in [2.24, 2.45) is 5.92 Å². The predicted molar refractivity (Wildman–Crippen MR) is 94.4 cm³/mol. The molecule has 6 nitrogen and oxygen atoms in total. The van der Waals surface area contributed by atoms with E-state index in [9.17, 15) is 19.8 Å². The second-order valence-electron chi connectivity index (χ2n) is 6.82. The first-order valence-electron chi connectivity index (χ1n) is 8.67. The van der Waals surface area contributed by atoms with Crippen LogP contribution in [0, 0.1) is 5.92 Å². The number of allylic oxidation sites excluding steroid dienone is 2. The zero-order chi connectivity index (χ0) is 19.1. The van der Waals surface area contributed by atoms with Crippen molar-refractivity contribution < 1.29 is 24.5 Å². The lowest BCUT2D eigenvalue weighted by molar-refractivity contribution is -0.256. The standard InChI is InChI=1S/C21H19NO5/c1-27-17-10-13(21(25)26)9-16-14-3-2-4-15(14)18(22-19(16)17)11-5-7-12(8-6-11)20(23)24/h2-3,5-10,14-15,18,22H,4H2,1H3,(H,23,24)(H,25,26)/p-2/t14-,15-,18+/m0/s1. The number of carbonyl (C=O) groups excluding carboxylic acids is 2. The normalized spacial score (nSPS) is 22.5. The highest BCUT2D eigenvalue weighted by atomic mass is 16.5. The fourth-order valence-corrected chi connectivity index (χ4v) is 4.10. The summed E-state index contributed by atoms with van der Waals surface area (Å²) >= 11 is 0. The largest absolute Gasteiger partial charge is 0.545 e. The molecule has 0 saturated carbocycles. The summed E-state index contributed by atoms with van der Waals surface area (Å²) in [6.07, 6.45) is 5.01. The molecule has 27 heavy (non-hydrogen) atoms. The smallest absolute Gasteiger partial charge is 0.142 e. The number of carbonyl (C=O) groups is 2. The molecular formula is C21H17NO5-2. The molecule has 0 unspecified atom stereocenters. The maximum Gasteiger partial charge on any atom is 0.142 e. The van der Waals surface area contributed by atoms with E-state index in [0.717, 1.165) is 23.2 Å². The molecule has 0 saturated heterocycles. The van der Waals surface area contributed by atoms with E-state index in [4.69, 9.17) is 4.74 Å². The lowest BCUT2D eigenvalue weighted by Gasteiger charge is -2.38. The van der Waals surface area contributed by atoms with E-state index in [2.05, 4.69) is 17.5 Å². The zero-order valence-corrected chi connectivity index (χ0v) is 14.6. The van der Waals surface area contributed by atoms with Crippen LogP contribution < -0.4 is 20.3 Å². The molecule has 0 bridgehead atoms. The minimum absolute atomic E-state index is 0.0419. The quantitative estimate of drug-likeness (QED) is 0.821. The van der Waals surface area contributed by atoms with Crippen LogP contribution in [0.3, 0.4) is 0 Å². The van der Waals surface area contributed by atoms with Crippen LogP contribution in [0.4, 0.5) is 5.69 Å². The topological polar surface area (TPSA) is 102 Å². The van der Waals surface area contributed by atoms with Gasteiger partial charge in [0.15, 0.2) is 0 Å². The number of fused-ring (bicyclic) bond motifs is 3. The van der Waals surface area contributed by atoms with Gasteiger partial charge in [-0.1, -0.05) is 36.4 Å². The van der Waals surface area contributed by atoms with Crippen molar-refractivity contribution in [1.29, 1.82) is 0 Å². The van der Waals surface area contributed by atoms with Crippen molar-refractivity contribution in [3.63, 3.8) is 0 Å². The van der Waals surface area contributed by atoms with Crippen LogP contribution in [-0.2, 0) is 0 Å². The Bertz CT molecular complexity index is 948. The first-order chi connectivity index (χ1) is 13.0. The Balaban J connectivity index is 1.79. The minimum Gasteiger partial charge on any atom is -0.545 e. The molecular weight excluding hydrogens is 346 g/mol. The van der Waals surface area contributed by atoms with Crippen LogP contribution in [0.1, 0.15) is 50.2 Å². The summed E-state index contributed by atoms with van der Waals surface area (Å²) in [5.74, 6) is -1.77. The molecule has 6 heteroatoms. The van der Waals surface area contributed by atoms with E-state index < -0.39 is 11.9 Å². The predicted octanol–water partition coefficient (Wildman–Crippen LogP) is 1.25. The number of carboxylic acid groups (broad SMARTS) is 2. The Morgan fingerprint density at radius 2 is 1.78 bits per heavy atom. The highest BCUT2D eigenvalue weighted by Crippen LogP contribution is 2.52. The van der Waals surface area contributed by atoms with E-state index in [1.54, 1.807) is 18.2 Å². The van der Waals surface area contributed by atoms with Crippen molar-refractivity contribution in [2.45, 2.75) is 18.4 Å². The molecule has 0 spiro atoms. The van der Waals surface area contributed by atoms with E-state index in [1.807, 2.05) is 0 Å². The molecule has 0 radical (unpaired) electrons. The third-order valence-corrected chi connectivity index (χ3v) is 5.39. The summed E-state index contributed by atoms with van der Waals surface area (Å²) in [6, 6.07) is 9.68. The van der Waals surface area contributed by atoms with Crippen molar-refractivity contribution in [2.75, 3.05) is 12.4 Å². The molecule has 2 aromatic carbocycles. The summed E-state index contributed by atoms with van der Waals surface area (Å²) < 4.78 is 5.42. The molecule has 0 amide bonds. The van der Waals surface area contributed by atoms with Gasteiger partial charge in [-0.2, -0.15) is 0 Å². The second kappa shape index (κ2) is 6.46. The zero-order valence-electron chi connectivity index (χ0n) is 14.6. The number of aromatic carboxylic acids is 2. The maximum atomic E-state index is 11.4. The van der Waals surface area contributed by atoms with Crippen LogP contribution in [0.2, 0.25) is 0 Å². The monoisotopic (exact) mass is 363 g/mol. The Morgan fingerprint density at radius 3 is 2.41 bits per heavy atom. The third-order valence-electron chi connectivity index (χ3n) is 5.39. The number of ether oxygens (including phenoxy) is 1. The van der Waals surface area contributed by atoms with Gasteiger partial charge in [0.25, 0.3) is 0 Å². The first kappa shape index (κ1) is 17.1. The van der Waals surface area contributed by atoms with Gasteiger partial charge in [-0.15, -0.1) is 0 Å². The summed E-state index contributed by atoms with van der Waals surface area (Å²) in [6.45, 7) is 0. The number of hydrogen-bond acceptors (Lipinski definition) is 6. The maximum absolute atomic E-state index is 11.4. The lowest BCUT2D eigenvalue weighted by atomic mass is 9.76. The number of carboxylic acids is 2. The SMILES string of the molecule is COc1cc(C(=O)[O-])cc2c1N[C@H](c1ccc(C(=O)[O-])cc1)[C@H]1CC=C[C@H]21. The number of hydrogen-bond donors (Lipinski definition) is 1. The second-order valence-corrected chi connectivity index (χ2v) is 6.82. The van der Waals surface area contributed by atoms with E-state index in [-0.39, 0.29) is 29.0 Å². The molecule has 1 aliphatic carbocycles. The van der Waals surface area contributed by atoms with Crippen LogP contribution in [-0.4, -0.2) is 19.0 Å². The van der Waals surface area contributed by atoms with Gasteiger partial charge >= 0.3 is 0 Å². The van der Waals surface area contributed by atoms with E-state index in [1.165, 1.54) is 25.3 Å². The average Bonchev–Trinajstić information content (AvgIpc) is 3.16. The number of methoxy groups -OCH3 is 1. The summed E-state index contributed by atoms with van der Waals surface area (Å²) in [4.78, 5) is 22.4. The summed E-state index contributed by atoms with van der Waals surface area (Å²) in [5.41, 5.74) is 2.80.